The highest BCUT2D eigenvalue weighted by molar-refractivity contribution is 5.85. The van der Waals surface area contributed by atoms with E-state index in [0.717, 1.165) is 17.0 Å². The minimum atomic E-state index is -0.0845. The minimum Gasteiger partial charge on any atom is -0.497 e. The highest BCUT2D eigenvalue weighted by Gasteiger charge is 2.11. The number of halogens is 1. The van der Waals surface area contributed by atoms with E-state index in [2.05, 4.69) is 9.97 Å². The van der Waals surface area contributed by atoms with Gasteiger partial charge < -0.3 is 9.72 Å². The van der Waals surface area contributed by atoms with Crippen molar-refractivity contribution in [2.45, 2.75) is 6.92 Å². The first kappa shape index (κ1) is 14.1. The number of rotatable bonds is 2. The summed E-state index contributed by atoms with van der Waals surface area (Å²) >= 11 is 0. The Bertz CT molecular complexity index is 746. The molecule has 2 heterocycles. The molecule has 0 unspecified atom stereocenters. The summed E-state index contributed by atoms with van der Waals surface area (Å²) in [5.41, 5.74) is 2.25. The number of ether oxygens (including phenoxy) is 1. The molecule has 0 aromatic heterocycles. The van der Waals surface area contributed by atoms with Gasteiger partial charge in [0.25, 0.3) is 5.56 Å². The lowest BCUT2D eigenvalue weighted by Gasteiger charge is -2.07. The van der Waals surface area contributed by atoms with Crippen molar-refractivity contribution in [2.75, 3.05) is 7.11 Å². The van der Waals surface area contributed by atoms with Gasteiger partial charge in [0.15, 0.2) is 5.82 Å². The van der Waals surface area contributed by atoms with Crippen molar-refractivity contribution in [3.63, 3.8) is 0 Å². The number of H-pyrrole nitrogens is 1. The fourth-order valence-electron chi connectivity index (χ4n) is 2.02. The monoisotopic (exact) mass is 291 g/mol. The fourth-order valence-corrected chi connectivity index (χ4v) is 2.02. The van der Waals surface area contributed by atoms with Crippen molar-refractivity contribution in [1.82, 2.24) is 14.5 Å². The molecule has 0 saturated heterocycles. The van der Waals surface area contributed by atoms with Gasteiger partial charge in [-0.15, -0.1) is 12.4 Å². The number of aryl methyl sites for hydroxylation is 1. The number of fused-ring (bicyclic) bond motifs is 1. The lowest BCUT2D eigenvalue weighted by Crippen LogP contribution is -2.13. The molecule has 0 saturated carbocycles. The number of imidazole rings is 1. The van der Waals surface area contributed by atoms with Crippen LogP contribution in [0.25, 0.3) is 17.1 Å². The molecule has 1 aromatic rings. The molecule has 0 radical (unpaired) electrons. The van der Waals surface area contributed by atoms with Crippen LogP contribution in [0.5, 0.6) is 5.75 Å². The maximum Gasteiger partial charge on any atom is 0.277 e. The Morgan fingerprint density at radius 1 is 1.25 bits per heavy atom. The number of nitrogens with one attached hydrogen (secondary N) is 1. The molecule has 6 heteroatoms. The van der Waals surface area contributed by atoms with E-state index in [1.807, 2.05) is 24.3 Å². The van der Waals surface area contributed by atoms with Gasteiger partial charge in [0, 0.05) is 12.4 Å². The van der Waals surface area contributed by atoms with Crippen LogP contribution in [0.1, 0.15) is 5.69 Å². The predicted molar refractivity (Wildman–Crippen MR) is 79.3 cm³/mol. The van der Waals surface area contributed by atoms with Crippen LogP contribution in [0.2, 0.25) is 0 Å². The van der Waals surface area contributed by atoms with E-state index in [-0.39, 0.29) is 18.0 Å². The number of aromatic amines is 1. The van der Waals surface area contributed by atoms with Gasteiger partial charge in [-0.2, -0.15) is 0 Å². The third kappa shape index (κ3) is 2.28. The second kappa shape index (κ2) is 5.38. The lowest BCUT2D eigenvalue weighted by molar-refractivity contribution is 0.415. The Balaban J connectivity index is 0.00000147. The molecular formula is C14H14ClN3O2. The van der Waals surface area contributed by atoms with Crippen molar-refractivity contribution in [1.29, 1.82) is 0 Å². The highest BCUT2D eigenvalue weighted by atomic mass is 35.5. The number of nitrogens with zero attached hydrogens (tertiary/aromatic N) is 2. The second-order valence-corrected chi connectivity index (χ2v) is 4.29. The molecule has 0 bridgehead atoms. The predicted octanol–water partition coefficient (Wildman–Crippen LogP) is 2.40. The van der Waals surface area contributed by atoms with Crippen LogP contribution in [-0.2, 0) is 0 Å². The van der Waals surface area contributed by atoms with E-state index < -0.39 is 0 Å². The second-order valence-electron chi connectivity index (χ2n) is 4.29. The largest absolute Gasteiger partial charge is 0.497 e. The minimum absolute atomic E-state index is 0. The first-order valence-corrected chi connectivity index (χ1v) is 5.91. The molecule has 104 valence electrons. The van der Waals surface area contributed by atoms with Gasteiger partial charge >= 0.3 is 0 Å². The van der Waals surface area contributed by atoms with Gasteiger partial charge in [-0.1, -0.05) is 0 Å². The van der Waals surface area contributed by atoms with Crippen LogP contribution in [0, 0.1) is 6.92 Å². The number of benzene rings is 1. The summed E-state index contributed by atoms with van der Waals surface area (Å²) in [6, 6.07) is 7.63. The molecule has 2 aliphatic rings. The molecule has 1 N–H and O–H groups in total. The number of hydrogen-bond acceptors (Lipinski definition) is 3. The average Bonchev–Trinajstić information content (AvgIpc) is 2.74. The van der Waals surface area contributed by atoms with E-state index >= 15 is 0 Å². The summed E-state index contributed by atoms with van der Waals surface area (Å²) in [6.45, 7) is 1.71. The molecule has 3 rings (SSSR count). The van der Waals surface area contributed by atoms with E-state index in [9.17, 15) is 4.79 Å². The highest BCUT2D eigenvalue weighted by Crippen LogP contribution is 2.21. The number of aromatic nitrogens is 3. The van der Waals surface area contributed by atoms with Gasteiger partial charge in [-0.25, -0.2) is 4.98 Å². The molecule has 2 aliphatic heterocycles. The first-order valence-electron chi connectivity index (χ1n) is 5.91. The van der Waals surface area contributed by atoms with E-state index in [1.165, 1.54) is 0 Å². The van der Waals surface area contributed by atoms with Crippen LogP contribution >= 0.6 is 12.4 Å². The third-order valence-corrected chi connectivity index (χ3v) is 3.07. The van der Waals surface area contributed by atoms with Gasteiger partial charge in [0.1, 0.15) is 11.4 Å². The fraction of sp³-hybridized carbons (Fsp3) is 0.143. The molecule has 0 aliphatic carbocycles. The molecule has 1 aromatic carbocycles. The SMILES string of the molecule is COc1ccc(-c2cn3c(=O)c(C)nc-3c[nH]2)cc1.Cl. The van der Waals surface area contributed by atoms with Gasteiger partial charge in [-0.05, 0) is 36.8 Å². The maximum atomic E-state index is 11.9. The van der Waals surface area contributed by atoms with E-state index in [4.69, 9.17) is 4.74 Å². The van der Waals surface area contributed by atoms with Crippen LogP contribution in [0.3, 0.4) is 0 Å². The third-order valence-electron chi connectivity index (χ3n) is 3.07. The maximum absolute atomic E-state index is 11.9. The van der Waals surface area contributed by atoms with E-state index in [1.54, 1.807) is 31.0 Å². The summed E-state index contributed by atoms with van der Waals surface area (Å²) in [5.74, 6) is 1.42. The molecule has 0 fully saturated rings. The molecular weight excluding hydrogens is 278 g/mol. The quantitative estimate of drug-likeness (QED) is 0.789. The van der Waals surface area contributed by atoms with Gasteiger partial charge in [0.2, 0.25) is 0 Å². The van der Waals surface area contributed by atoms with Crippen LogP contribution < -0.4 is 10.3 Å². The Hall–Kier alpha value is -2.27. The van der Waals surface area contributed by atoms with Crippen molar-refractivity contribution in [3.8, 4) is 22.8 Å². The van der Waals surface area contributed by atoms with E-state index in [0.29, 0.717) is 11.5 Å². The molecule has 0 amide bonds. The molecule has 20 heavy (non-hydrogen) atoms. The lowest BCUT2D eigenvalue weighted by atomic mass is 10.1. The number of hydrogen-bond donors (Lipinski definition) is 1. The zero-order valence-electron chi connectivity index (χ0n) is 11.1. The van der Waals surface area contributed by atoms with Crippen molar-refractivity contribution in [3.05, 3.63) is 52.7 Å². The topological polar surface area (TPSA) is 59.9 Å². The number of methoxy groups -OCH3 is 1. The summed E-state index contributed by atoms with van der Waals surface area (Å²) in [5, 5.41) is 0. The normalized spacial score (nSPS) is 10.3. The van der Waals surface area contributed by atoms with Crippen LogP contribution in [0.4, 0.5) is 0 Å². The van der Waals surface area contributed by atoms with Gasteiger partial charge in [0.05, 0.1) is 12.8 Å². The van der Waals surface area contributed by atoms with Crippen molar-refractivity contribution >= 4 is 12.4 Å². The van der Waals surface area contributed by atoms with Crippen molar-refractivity contribution in [2.24, 2.45) is 0 Å². The Morgan fingerprint density at radius 3 is 2.60 bits per heavy atom. The Labute approximate surface area is 122 Å². The smallest absolute Gasteiger partial charge is 0.277 e. The summed E-state index contributed by atoms with van der Waals surface area (Å²) in [4.78, 5) is 19.2. The zero-order chi connectivity index (χ0) is 13.4. The average molecular weight is 292 g/mol. The van der Waals surface area contributed by atoms with Crippen molar-refractivity contribution < 1.29 is 4.74 Å². The summed E-state index contributed by atoms with van der Waals surface area (Å²) < 4.78 is 6.67. The van der Waals surface area contributed by atoms with Crippen LogP contribution in [0.15, 0.2) is 41.5 Å². The summed E-state index contributed by atoms with van der Waals surface area (Å²) in [6.07, 6.45) is 3.49. The molecule has 5 nitrogen and oxygen atoms in total. The standard InChI is InChI=1S/C14H13N3O2.ClH/c1-9-14(18)17-8-12(15-7-13(17)16-9)10-3-5-11(19-2)6-4-10;/h3-8,15H,1-2H3;1H. The zero-order valence-corrected chi connectivity index (χ0v) is 11.9. The molecule has 0 atom stereocenters. The molecule has 0 spiro atoms. The van der Waals surface area contributed by atoms with Crippen LogP contribution in [-0.4, -0.2) is 21.6 Å². The van der Waals surface area contributed by atoms with Gasteiger partial charge in [-0.3, -0.25) is 9.36 Å². The Kier molecular flexibility index (Phi) is 3.81. The Morgan fingerprint density at radius 2 is 1.95 bits per heavy atom. The summed E-state index contributed by atoms with van der Waals surface area (Å²) in [7, 11) is 1.63. The first-order chi connectivity index (χ1) is 9.19.